The molecule has 0 saturated heterocycles. The summed E-state index contributed by atoms with van der Waals surface area (Å²) in [4.78, 5) is 6.78. The highest BCUT2D eigenvalue weighted by Crippen LogP contribution is 2.32. The Morgan fingerprint density at radius 2 is 1.89 bits per heavy atom. The largest absolute Gasteiger partial charge is 0.477 e. The molecule has 144 valence electrons. The van der Waals surface area contributed by atoms with E-state index in [1.54, 1.807) is 6.07 Å². The van der Waals surface area contributed by atoms with Crippen molar-refractivity contribution in [2.24, 2.45) is 0 Å². The van der Waals surface area contributed by atoms with Gasteiger partial charge in [0.25, 0.3) is 0 Å². The number of anilines is 1. The molecule has 0 atom stereocenters. The Kier molecular flexibility index (Phi) is 5.06. The van der Waals surface area contributed by atoms with Crippen molar-refractivity contribution < 1.29 is 13.5 Å². The van der Waals surface area contributed by atoms with Crippen LogP contribution in [0.25, 0.3) is 11.0 Å². The molecule has 7 heteroatoms. The molecule has 3 aromatic rings. The van der Waals surface area contributed by atoms with E-state index < -0.39 is 17.2 Å². The van der Waals surface area contributed by atoms with E-state index in [-0.39, 0.29) is 5.75 Å². The van der Waals surface area contributed by atoms with Crippen LogP contribution in [0.1, 0.15) is 19.7 Å². The van der Waals surface area contributed by atoms with E-state index in [0.29, 0.717) is 18.1 Å². The molecule has 0 amide bonds. The lowest BCUT2D eigenvalue weighted by Crippen LogP contribution is -2.31. The summed E-state index contributed by atoms with van der Waals surface area (Å²) in [5.41, 5.74) is 7.25. The molecule has 27 heavy (non-hydrogen) atoms. The van der Waals surface area contributed by atoms with E-state index in [2.05, 4.69) is 9.47 Å². The Labute approximate surface area is 157 Å². The van der Waals surface area contributed by atoms with E-state index in [0.717, 1.165) is 23.6 Å². The lowest BCUT2D eigenvalue weighted by atomic mass is 10.1. The van der Waals surface area contributed by atoms with Crippen LogP contribution in [0.15, 0.2) is 36.4 Å². The maximum atomic E-state index is 14.1. The topological polar surface area (TPSA) is 56.3 Å². The molecule has 0 unspecified atom stereocenters. The molecule has 1 aromatic heterocycles. The van der Waals surface area contributed by atoms with Gasteiger partial charge in [0.1, 0.15) is 5.82 Å². The molecule has 0 aliphatic carbocycles. The van der Waals surface area contributed by atoms with E-state index in [1.807, 2.05) is 40.1 Å². The highest BCUT2D eigenvalue weighted by molar-refractivity contribution is 5.79. The maximum Gasteiger partial charge on any atom is 0.168 e. The second-order valence-electron chi connectivity index (χ2n) is 7.33. The van der Waals surface area contributed by atoms with Gasteiger partial charge >= 0.3 is 0 Å². The van der Waals surface area contributed by atoms with Crippen LogP contribution in [0.3, 0.4) is 0 Å². The number of nitrogen functional groups attached to an aromatic ring is 1. The summed E-state index contributed by atoms with van der Waals surface area (Å²) in [6.07, 6.45) is 0. The van der Waals surface area contributed by atoms with Crippen molar-refractivity contribution in [3.05, 3.63) is 53.9 Å². The van der Waals surface area contributed by atoms with Gasteiger partial charge in [-0.1, -0.05) is 0 Å². The molecule has 1 heterocycles. The molecule has 5 nitrogen and oxygen atoms in total. The second kappa shape index (κ2) is 7.15. The Bertz CT molecular complexity index is 966. The van der Waals surface area contributed by atoms with E-state index in [9.17, 15) is 8.78 Å². The number of hydrogen-bond acceptors (Lipinski definition) is 4. The van der Waals surface area contributed by atoms with Crippen LogP contribution in [0.2, 0.25) is 0 Å². The van der Waals surface area contributed by atoms with E-state index in [1.165, 1.54) is 12.1 Å². The summed E-state index contributed by atoms with van der Waals surface area (Å²) in [7, 11) is 3.98. The molecule has 0 aliphatic heterocycles. The molecule has 0 spiro atoms. The van der Waals surface area contributed by atoms with Gasteiger partial charge in [0.2, 0.25) is 0 Å². The molecule has 0 radical (unpaired) electrons. The Morgan fingerprint density at radius 1 is 1.15 bits per heavy atom. The highest BCUT2D eigenvalue weighted by Gasteiger charge is 2.31. The minimum atomic E-state index is -0.946. The zero-order valence-corrected chi connectivity index (χ0v) is 16.0. The molecular weight excluding hydrogens is 350 g/mol. The first-order valence-corrected chi connectivity index (χ1v) is 8.72. The Morgan fingerprint density at radius 3 is 2.56 bits per heavy atom. The second-order valence-corrected chi connectivity index (χ2v) is 7.33. The maximum absolute atomic E-state index is 14.1. The van der Waals surface area contributed by atoms with Gasteiger partial charge in [-0.15, -0.1) is 0 Å². The lowest BCUT2D eigenvalue weighted by molar-refractivity contribution is 0.0885. The number of ether oxygens (including phenoxy) is 1. The van der Waals surface area contributed by atoms with Crippen LogP contribution >= 0.6 is 0 Å². The smallest absolute Gasteiger partial charge is 0.168 e. The van der Waals surface area contributed by atoms with Crippen molar-refractivity contribution in [3.8, 4) is 5.75 Å². The number of imidazole rings is 1. The van der Waals surface area contributed by atoms with Gasteiger partial charge in [0, 0.05) is 24.8 Å². The van der Waals surface area contributed by atoms with E-state index >= 15 is 0 Å². The number of benzene rings is 2. The van der Waals surface area contributed by atoms with Crippen molar-refractivity contribution in [1.82, 2.24) is 14.5 Å². The zero-order valence-electron chi connectivity index (χ0n) is 16.0. The van der Waals surface area contributed by atoms with Gasteiger partial charge in [0.15, 0.2) is 23.0 Å². The van der Waals surface area contributed by atoms with Crippen LogP contribution in [0.5, 0.6) is 5.75 Å². The molecule has 2 N–H and O–H groups in total. The van der Waals surface area contributed by atoms with E-state index in [4.69, 9.17) is 15.5 Å². The van der Waals surface area contributed by atoms with Crippen molar-refractivity contribution in [1.29, 1.82) is 0 Å². The predicted molar refractivity (Wildman–Crippen MR) is 103 cm³/mol. The molecule has 2 aromatic carbocycles. The van der Waals surface area contributed by atoms with Gasteiger partial charge in [0.05, 0.1) is 11.0 Å². The SMILES string of the molecule is CN(C)CCn1c(C(C)(C)Oc2ccc(F)cc2F)nc2cc(N)ccc21. The molecular formula is C20H24F2N4O. The quantitative estimate of drug-likeness (QED) is 0.668. The monoisotopic (exact) mass is 374 g/mol. The molecule has 0 aliphatic rings. The number of nitrogens with zero attached hydrogens (tertiary/aromatic N) is 3. The summed E-state index contributed by atoms with van der Waals surface area (Å²) >= 11 is 0. The number of fused-ring (bicyclic) bond motifs is 1. The third kappa shape index (κ3) is 4.03. The third-order valence-corrected chi connectivity index (χ3v) is 4.34. The minimum absolute atomic E-state index is 0.0212. The van der Waals surface area contributed by atoms with Crippen LogP contribution in [0, 0.1) is 11.6 Å². The lowest BCUT2D eigenvalue weighted by Gasteiger charge is -2.27. The first-order chi connectivity index (χ1) is 12.7. The fourth-order valence-electron chi connectivity index (χ4n) is 3.01. The fraction of sp³-hybridized carbons (Fsp3) is 0.350. The van der Waals surface area contributed by atoms with Gasteiger partial charge < -0.3 is 19.9 Å². The van der Waals surface area contributed by atoms with Gasteiger partial charge in [-0.25, -0.2) is 13.8 Å². The highest BCUT2D eigenvalue weighted by atomic mass is 19.1. The number of likely N-dealkylation sites (N-methyl/N-ethyl adjacent to an activating group) is 1. The van der Waals surface area contributed by atoms with Crippen molar-refractivity contribution >= 4 is 16.7 Å². The van der Waals surface area contributed by atoms with Crippen molar-refractivity contribution in [3.63, 3.8) is 0 Å². The first kappa shape index (κ1) is 19.1. The summed E-state index contributed by atoms with van der Waals surface area (Å²) in [6.45, 7) is 5.10. The summed E-state index contributed by atoms with van der Waals surface area (Å²) in [5, 5.41) is 0. The molecule has 3 rings (SSSR count). The van der Waals surface area contributed by atoms with Crippen LogP contribution in [-0.2, 0) is 12.1 Å². The van der Waals surface area contributed by atoms with Crippen LogP contribution in [0.4, 0.5) is 14.5 Å². The van der Waals surface area contributed by atoms with Crippen molar-refractivity contribution in [2.45, 2.75) is 26.0 Å². The van der Waals surface area contributed by atoms with Crippen molar-refractivity contribution in [2.75, 3.05) is 26.4 Å². The summed E-state index contributed by atoms with van der Waals surface area (Å²) in [6, 6.07) is 8.82. The standard InChI is InChI=1S/C20H24F2N4O/c1-20(2,27-18-8-5-13(21)11-15(18)22)19-24-16-12-14(23)6-7-17(16)26(19)10-9-25(3)4/h5-8,11-12H,9-10,23H2,1-4H3. The first-order valence-electron chi connectivity index (χ1n) is 8.72. The average molecular weight is 374 g/mol. The normalized spacial score (nSPS) is 12.1. The molecule has 0 fully saturated rings. The van der Waals surface area contributed by atoms with Crippen LogP contribution in [-0.4, -0.2) is 35.1 Å². The van der Waals surface area contributed by atoms with Gasteiger partial charge in [-0.2, -0.15) is 0 Å². The average Bonchev–Trinajstić information content (AvgIpc) is 2.94. The summed E-state index contributed by atoms with van der Waals surface area (Å²) in [5.74, 6) is -0.768. The minimum Gasteiger partial charge on any atom is -0.477 e. The van der Waals surface area contributed by atoms with Gasteiger partial charge in [-0.05, 0) is 58.3 Å². The number of halogens is 2. The zero-order chi connectivity index (χ0) is 19.8. The number of nitrogens with two attached hydrogens (primary N) is 1. The Balaban J connectivity index is 2.05. The molecule has 0 bridgehead atoms. The molecule has 0 saturated carbocycles. The summed E-state index contributed by atoms with van der Waals surface area (Å²) < 4.78 is 35.2. The number of aromatic nitrogens is 2. The number of rotatable bonds is 6. The fourth-order valence-corrected chi connectivity index (χ4v) is 3.01. The number of hydrogen-bond donors (Lipinski definition) is 1. The van der Waals surface area contributed by atoms with Crippen LogP contribution < -0.4 is 10.5 Å². The Hall–Kier alpha value is -2.67. The predicted octanol–water partition coefficient (Wildman–Crippen LogP) is 3.77. The third-order valence-electron chi connectivity index (χ3n) is 4.34. The van der Waals surface area contributed by atoms with Gasteiger partial charge in [-0.3, -0.25) is 0 Å².